The van der Waals surface area contributed by atoms with Crippen LogP contribution in [0.15, 0.2) is 36.4 Å². The van der Waals surface area contributed by atoms with Crippen molar-refractivity contribution in [3.8, 4) is 5.75 Å². The van der Waals surface area contributed by atoms with Crippen molar-refractivity contribution in [3.05, 3.63) is 42.0 Å². The Labute approximate surface area is 111 Å². The van der Waals surface area contributed by atoms with Gasteiger partial charge in [-0.05, 0) is 36.1 Å². The Morgan fingerprint density at radius 3 is 3.00 bits per heavy atom. The second-order valence-corrected chi connectivity index (χ2v) is 4.75. The normalized spacial score (nSPS) is 18.6. The maximum Gasteiger partial charge on any atom is 0.251 e. The molecule has 0 aliphatic carbocycles. The number of carbonyl (C=O) groups excluding carboxylic acids is 1. The lowest BCUT2D eigenvalue weighted by Gasteiger charge is -2.11. The number of carbonyl (C=O) groups is 1. The Hall–Kier alpha value is -2.07. The number of rotatable bonds is 2. The number of amides is 1. The van der Waals surface area contributed by atoms with Crippen molar-refractivity contribution < 1.29 is 14.6 Å². The van der Waals surface area contributed by atoms with Crippen LogP contribution in [0.2, 0.25) is 0 Å². The maximum atomic E-state index is 12.1. The number of hydrogen-bond donors (Lipinski definition) is 2. The van der Waals surface area contributed by atoms with Crippen LogP contribution in [0, 0.1) is 0 Å². The summed E-state index contributed by atoms with van der Waals surface area (Å²) in [5.41, 5.74) is 0.602. The highest BCUT2D eigenvalue weighted by Gasteiger charge is 2.18. The molecule has 0 spiro atoms. The number of fused-ring (bicyclic) bond motifs is 1. The van der Waals surface area contributed by atoms with Crippen molar-refractivity contribution in [1.82, 2.24) is 5.32 Å². The molecule has 1 saturated heterocycles. The van der Waals surface area contributed by atoms with Crippen LogP contribution in [0.4, 0.5) is 0 Å². The molecule has 98 valence electrons. The third-order valence-electron chi connectivity index (χ3n) is 3.38. The van der Waals surface area contributed by atoms with Crippen LogP contribution < -0.4 is 5.32 Å². The molecule has 0 bridgehead atoms. The maximum absolute atomic E-state index is 12.1. The minimum atomic E-state index is -0.0965. The lowest BCUT2D eigenvalue weighted by molar-refractivity contribution is 0.0930. The van der Waals surface area contributed by atoms with E-state index >= 15 is 0 Å². The van der Waals surface area contributed by atoms with E-state index in [2.05, 4.69) is 5.32 Å². The summed E-state index contributed by atoms with van der Waals surface area (Å²) in [5, 5.41) is 14.3. The molecule has 2 aromatic carbocycles. The minimum Gasteiger partial charge on any atom is -0.507 e. The summed E-state index contributed by atoms with van der Waals surface area (Å²) < 4.78 is 5.23. The van der Waals surface area contributed by atoms with Gasteiger partial charge in [0.1, 0.15) is 5.75 Å². The molecule has 0 saturated carbocycles. The van der Waals surface area contributed by atoms with Gasteiger partial charge in [0.05, 0.1) is 12.6 Å². The number of hydrogen-bond acceptors (Lipinski definition) is 3. The lowest BCUT2D eigenvalue weighted by atomic mass is 10.1. The van der Waals surface area contributed by atoms with Gasteiger partial charge in [0.2, 0.25) is 0 Å². The van der Waals surface area contributed by atoms with E-state index in [-0.39, 0.29) is 17.7 Å². The quantitative estimate of drug-likeness (QED) is 0.865. The largest absolute Gasteiger partial charge is 0.507 e. The molecule has 1 unspecified atom stereocenters. The smallest absolute Gasteiger partial charge is 0.251 e. The predicted molar refractivity (Wildman–Crippen MR) is 72.3 cm³/mol. The van der Waals surface area contributed by atoms with Gasteiger partial charge in [-0.15, -0.1) is 0 Å². The van der Waals surface area contributed by atoms with Gasteiger partial charge in [0.25, 0.3) is 5.91 Å². The van der Waals surface area contributed by atoms with E-state index in [1.54, 1.807) is 30.3 Å². The van der Waals surface area contributed by atoms with Gasteiger partial charge in [-0.2, -0.15) is 0 Å². The zero-order valence-electron chi connectivity index (χ0n) is 10.4. The van der Waals surface area contributed by atoms with E-state index in [9.17, 15) is 9.90 Å². The molecule has 1 heterocycles. The molecule has 3 rings (SSSR count). The molecule has 1 amide bonds. The molecule has 1 aliphatic rings. The first kappa shape index (κ1) is 12.0. The Morgan fingerprint density at radius 1 is 1.32 bits per heavy atom. The second kappa shape index (κ2) is 4.90. The fraction of sp³-hybridized carbons (Fsp3) is 0.267. The third-order valence-corrected chi connectivity index (χ3v) is 3.38. The zero-order valence-corrected chi connectivity index (χ0v) is 10.4. The summed E-state index contributed by atoms with van der Waals surface area (Å²) in [7, 11) is 0. The highest BCUT2D eigenvalue weighted by atomic mass is 16.5. The summed E-state index contributed by atoms with van der Waals surface area (Å²) in [6, 6.07) is 10.7. The highest BCUT2D eigenvalue weighted by molar-refractivity contribution is 5.99. The van der Waals surface area contributed by atoms with Crippen LogP contribution in [0.25, 0.3) is 10.8 Å². The SMILES string of the molecule is O=C(NC1CCOC1)c1ccc2c(O)cccc2c1. The summed E-state index contributed by atoms with van der Waals surface area (Å²) in [4.78, 5) is 12.1. The first-order valence-electron chi connectivity index (χ1n) is 6.34. The number of phenols is 1. The van der Waals surface area contributed by atoms with Gasteiger partial charge in [0, 0.05) is 17.6 Å². The Kier molecular flexibility index (Phi) is 3.09. The topological polar surface area (TPSA) is 58.6 Å². The van der Waals surface area contributed by atoms with E-state index in [0.29, 0.717) is 18.8 Å². The van der Waals surface area contributed by atoms with Gasteiger partial charge < -0.3 is 15.2 Å². The molecule has 1 atom stereocenters. The van der Waals surface area contributed by atoms with Crippen LogP contribution in [0.3, 0.4) is 0 Å². The summed E-state index contributed by atoms with van der Waals surface area (Å²) in [6.07, 6.45) is 0.861. The number of benzene rings is 2. The van der Waals surface area contributed by atoms with Crippen molar-refractivity contribution in [3.63, 3.8) is 0 Å². The predicted octanol–water partition coefficient (Wildman–Crippen LogP) is 2.06. The van der Waals surface area contributed by atoms with E-state index < -0.39 is 0 Å². The molecule has 1 fully saturated rings. The second-order valence-electron chi connectivity index (χ2n) is 4.75. The molecule has 1 aliphatic heterocycles. The van der Waals surface area contributed by atoms with Crippen LogP contribution >= 0.6 is 0 Å². The van der Waals surface area contributed by atoms with Gasteiger partial charge in [-0.25, -0.2) is 0 Å². The van der Waals surface area contributed by atoms with E-state index in [1.807, 2.05) is 6.07 Å². The lowest BCUT2D eigenvalue weighted by Crippen LogP contribution is -2.34. The average molecular weight is 257 g/mol. The molecule has 19 heavy (non-hydrogen) atoms. The highest BCUT2D eigenvalue weighted by Crippen LogP contribution is 2.25. The van der Waals surface area contributed by atoms with Crippen molar-refractivity contribution in [2.45, 2.75) is 12.5 Å². The Balaban J connectivity index is 1.86. The van der Waals surface area contributed by atoms with E-state index in [4.69, 9.17) is 4.74 Å². The standard InChI is InChI=1S/C15H15NO3/c17-14-3-1-2-10-8-11(4-5-13(10)14)15(18)16-12-6-7-19-9-12/h1-5,8,12,17H,6-7,9H2,(H,16,18). The Bertz CT molecular complexity index is 618. The number of aromatic hydroxyl groups is 1. The molecular formula is C15H15NO3. The molecule has 2 N–H and O–H groups in total. The van der Waals surface area contributed by atoms with E-state index in [1.165, 1.54) is 0 Å². The number of ether oxygens (including phenoxy) is 1. The van der Waals surface area contributed by atoms with E-state index in [0.717, 1.165) is 17.2 Å². The van der Waals surface area contributed by atoms with Gasteiger partial charge in [-0.1, -0.05) is 12.1 Å². The first-order valence-corrected chi connectivity index (χ1v) is 6.34. The van der Waals surface area contributed by atoms with Crippen LogP contribution in [-0.2, 0) is 4.74 Å². The Morgan fingerprint density at radius 2 is 2.21 bits per heavy atom. The summed E-state index contributed by atoms with van der Waals surface area (Å²) in [6.45, 7) is 1.29. The molecular weight excluding hydrogens is 242 g/mol. The van der Waals surface area contributed by atoms with Gasteiger partial charge in [-0.3, -0.25) is 4.79 Å². The minimum absolute atomic E-state index is 0.0965. The third kappa shape index (κ3) is 2.39. The van der Waals surface area contributed by atoms with Gasteiger partial charge >= 0.3 is 0 Å². The van der Waals surface area contributed by atoms with Crippen LogP contribution in [-0.4, -0.2) is 30.3 Å². The van der Waals surface area contributed by atoms with Crippen LogP contribution in [0.1, 0.15) is 16.8 Å². The van der Waals surface area contributed by atoms with Crippen molar-refractivity contribution in [2.75, 3.05) is 13.2 Å². The average Bonchev–Trinajstić information content (AvgIpc) is 2.91. The van der Waals surface area contributed by atoms with Crippen molar-refractivity contribution in [1.29, 1.82) is 0 Å². The molecule has 4 heteroatoms. The molecule has 0 aromatic heterocycles. The monoisotopic (exact) mass is 257 g/mol. The zero-order chi connectivity index (χ0) is 13.2. The van der Waals surface area contributed by atoms with Crippen LogP contribution in [0.5, 0.6) is 5.75 Å². The first-order chi connectivity index (χ1) is 9.24. The molecule has 0 radical (unpaired) electrons. The fourth-order valence-corrected chi connectivity index (χ4v) is 2.32. The summed E-state index contributed by atoms with van der Waals surface area (Å²) in [5.74, 6) is 0.134. The molecule has 2 aromatic rings. The fourth-order valence-electron chi connectivity index (χ4n) is 2.32. The number of phenolic OH excluding ortho intramolecular Hbond substituents is 1. The summed E-state index contributed by atoms with van der Waals surface area (Å²) >= 11 is 0. The number of nitrogens with one attached hydrogen (secondary N) is 1. The van der Waals surface area contributed by atoms with Gasteiger partial charge in [0.15, 0.2) is 0 Å². The molecule has 4 nitrogen and oxygen atoms in total. The van der Waals surface area contributed by atoms with Crippen molar-refractivity contribution >= 4 is 16.7 Å². The van der Waals surface area contributed by atoms with Crippen molar-refractivity contribution in [2.24, 2.45) is 0 Å².